The van der Waals surface area contributed by atoms with E-state index in [0.29, 0.717) is 18.6 Å². The Morgan fingerprint density at radius 3 is 2.54 bits per heavy atom. The molecule has 1 aliphatic heterocycles. The number of pyridine rings is 1. The van der Waals surface area contributed by atoms with Gasteiger partial charge in [0.1, 0.15) is 5.78 Å². The van der Waals surface area contributed by atoms with E-state index in [2.05, 4.69) is 28.9 Å². The average Bonchev–Trinajstić information content (AvgIpc) is 2.68. The van der Waals surface area contributed by atoms with Gasteiger partial charge in [0, 0.05) is 44.2 Å². The zero-order valence-electron chi connectivity index (χ0n) is 15.7. The number of carbonyl (C=O) groups is 1. The Bertz CT molecular complexity index is 754. The SMILES string of the molecule is CCc1cc(-c2cc(CN3CCC(=O)CC3)ccn2)cc(OC)c1OC. The number of ketones is 1. The van der Waals surface area contributed by atoms with E-state index >= 15 is 0 Å². The van der Waals surface area contributed by atoms with Gasteiger partial charge in [0.05, 0.1) is 19.9 Å². The van der Waals surface area contributed by atoms with Crippen LogP contribution < -0.4 is 9.47 Å². The van der Waals surface area contributed by atoms with Crippen molar-refractivity contribution in [2.45, 2.75) is 32.7 Å². The van der Waals surface area contributed by atoms with Crippen LogP contribution in [0, 0.1) is 0 Å². The summed E-state index contributed by atoms with van der Waals surface area (Å²) in [5.41, 5.74) is 4.25. The summed E-state index contributed by atoms with van der Waals surface area (Å²) in [7, 11) is 3.32. The van der Waals surface area contributed by atoms with Gasteiger partial charge in [-0.3, -0.25) is 14.7 Å². The number of benzene rings is 1. The summed E-state index contributed by atoms with van der Waals surface area (Å²) in [4.78, 5) is 18.3. The van der Waals surface area contributed by atoms with Gasteiger partial charge in [-0.05, 0) is 41.8 Å². The van der Waals surface area contributed by atoms with Crippen LogP contribution in [0.25, 0.3) is 11.3 Å². The number of ether oxygens (including phenoxy) is 2. The number of aryl methyl sites for hydroxylation is 1. The van der Waals surface area contributed by atoms with Crippen molar-refractivity contribution in [2.75, 3.05) is 27.3 Å². The van der Waals surface area contributed by atoms with E-state index < -0.39 is 0 Å². The lowest BCUT2D eigenvalue weighted by Crippen LogP contribution is -2.33. The third kappa shape index (κ3) is 4.05. The topological polar surface area (TPSA) is 51.7 Å². The predicted octanol–water partition coefficient (Wildman–Crippen LogP) is 3.49. The van der Waals surface area contributed by atoms with Crippen LogP contribution in [-0.4, -0.2) is 43.0 Å². The summed E-state index contributed by atoms with van der Waals surface area (Å²) in [6.45, 7) is 4.62. The first-order valence-corrected chi connectivity index (χ1v) is 9.08. The van der Waals surface area contributed by atoms with Crippen LogP contribution in [0.15, 0.2) is 30.5 Å². The molecule has 2 aromatic rings. The van der Waals surface area contributed by atoms with E-state index in [1.165, 1.54) is 5.56 Å². The van der Waals surface area contributed by atoms with Crippen LogP contribution in [0.1, 0.15) is 30.9 Å². The third-order valence-corrected chi connectivity index (χ3v) is 4.88. The number of carbonyl (C=O) groups excluding carboxylic acids is 1. The number of Topliss-reactive ketones (excluding diaryl/α,β-unsaturated/α-hetero) is 1. The second kappa shape index (κ2) is 8.32. The molecule has 1 fully saturated rings. The number of nitrogens with zero attached hydrogens (tertiary/aromatic N) is 2. The van der Waals surface area contributed by atoms with Crippen LogP contribution in [0.3, 0.4) is 0 Å². The summed E-state index contributed by atoms with van der Waals surface area (Å²) in [5.74, 6) is 1.88. The van der Waals surface area contributed by atoms with Crippen LogP contribution in [-0.2, 0) is 17.8 Å². The van der Waals surface area contributed by atoms with Gasteiger partial charge in [-0.15, -0.1) is 0 Å². The molecule has 0 bridgehead atoms. The quantitative estimate of drug-likeness (QED) is 0.795. The highest BCUT2D eigenvalue weighted by molar-refractivity contribution is 5.79. The first kappa shape index (κ1) is 18.4. The number of methoxy groups -OCH3 is 2. The first-order chi connectivity index (χ1) is 12.6. The number of aromatic nitrogens is 1. The maximum absolute atomic E-state index is 11.4. The fourth-order valence-corrected chi connectivity index (χ4v) is 3.40. The molecule has 5 heteroatoms. The lowest BCUT2D eigenvalue weighted by atomic mass is 10.0. The van der Waals surface area contributed by atoms with Gasteiger partial charge in [-0.25, -0.2) is 0 Å². The Balaban J connectivity index is 1.86. The van der Waals surface area contributed by atoms with Gasteiger partial charge < -0.3 is 9.47 Å². The monoisotopic (exact) mass is 354 g/mol. The molecule has 1 aromatic heterocycles. The minimum atomic E-state index is 0.370. The van der Waals surface area contributed by atoms with Crippen molar-refractivity contribution < 1.29 is 14.3 Å². The van der Waals surface area contributed by atoms with E-state index in [4.69, 9.17) is 9.47 Å². The van der Waals surface area contributed by atoms with Crippen molar-refractivity contribution in [2.24, 2.45) is 0 Å². The molecule has 5 nitrogen and oxygen atoms in total. The lowest BCUT2D eigenvalue weighted by molar-refractivity contribution is -0.121. The highest BCUT2D eigenvalue weighted by Gasteiger charge is 2.17. The Labute approximate surface area is 155 Å². The summed E-state index contributed by atoms with van der Waals surface area (Å²) in [6, 6.07) is 8.26. The number of hydrogen-bond donors (Lipinski definition) is 0. The lowest BCUT2D eigenvalue weighted by Gasteiger charge is -2.25. The maximum Gasteiger partial charge on any atom is 0.163 e. The summed E-state index contributed by atoms with van der Waals surface area (Å²) in [5, 5.41) is 0. The summed E-state index contributed by atoms with van der Waals surface area (Å²) >= 11 is 0. The molecule has 138 valence electrons. The van der Waals surface area contributed by atoms with E-state index in [-0.39, 0.29) is 0 Å². The molecule has 0 saturated carbocycles. The summed E-state index contributed by atoms with van der Waals surface area (Å²) < 4.78 is 11.0. The molecule has 0 N–H and O–H groups in total. The fraction of sp³-hybridized carbons (Fsp3) is 0.429. The van der Waals surface area contributed by atoms with Gasteiger partial charge in [-0.1, -0.05) is 6.92 Å². The van der Waals surface area contributed by atoms with E-state index in [1.807, 2.05) is 18.3 Å². The van der Waals surface area contributed by atoms with Crippen LogP contribution >= 0.6 is 0 Å². The minimum Gasteiger partial charge on any atom is -0.493 e. The standard InChI is InChI=1S/C21H26N2O3/c1-4-16-12-17(13-20(25-2)21(16)26-3)19-11-15(5-8-22-19)14-23-9-6-18(24)7-10-23/h5,8,11-13H,4,6-7,9-10,14H2,1-3H3. The second-order valence-electron chi connectivity index (χ2n) is 6.59. The Hall–Kier alpha value is -2.40. The molecule has 2 heterocycles. The van der Waals surface area contributed by atoms with Crippen molar-refractivity contribution in [3.8, 4) is 22.8 Å². The van der Waals surface area contributed by atoms with Crippen LogP contribution in [0.4, 0.5) is 0 Å². The molecular weight excluding hydrogens is 328 g/mol. The molecule has 0 spiro atoms. The number of likely N-dealkylation sites (tertiary alicyclic amines) is 1. The predicted molar refractivity (Wildman–Crippen MR) is 102 cm³/mol. The van der Waals surface area contributed by atoms with Gasteiger partial charge in [0.2, 0.25) is 0 Å². The minimum absolute atomic E-state index is 0.370. The van der Waals surface area contributed by atoms with Crippen molar-refractivity contribution in [3.63, 3.8) is 0 Å². The Morgan fingerprint density at radius 1 is 1.12 bits per heavy atom. The largest absolute Gasteiger partial charge is 0.493 e. The molecular formula is C21H26N2O3. The smallest absolute Gasteiger partial charge is 0.163 e. The molecule has 3 rings (SSSR count). The molecule has 0 aliphatic carbocycles. The molecule has 0 atom stereocenters. The zero-order chi connectivity index (χ0) is 18.5. The molecule has 0 unspecified atom stereocenters. The van der Waals surface area contributed by atoms with Gasteiger partial charge in [-0.2, -0.15) is 0 Å². The highest BCUT2D eigenvalue weighted by atomic mass is 16.5. The molecule has 1 aromatic carbocycles. The Morgan fingerprint density at radius 2 is 1.88 bits per heavy atom. The third-order valence-electron chi connectivity index (χ3n) is 4.88. The van der Waals surface area contributed by atoms with Crippen molar-refractivity contribution in [1.29, 1.82) is 0 Å². The maximum atomic E-state index is 11.4. The van der Waals surface area contributed by atoms with Gasteiger partial charge in [0.25, 0.3) is 0 Å². The average molecular weight is 354 g/mol. The number of rotatable bonds is 6. The van der Waals surface area contributed by atoms with Crippen LogP contribution in [0.2, 0.25) is 0 Å². The zero-order valence-corrected chi connectivity index (χ0v) is 15.7. The van der Waals surface area contributed by atoms with Gasteiger partial charge in [0.15, 0.2) is 11.5 Å². The molecule has 1 saturated heterocycles. The van der Waals surface area contributed by atoms with Crippen molar-refractivity contribution in [1.82, 2.24) is 9.88 Å². The van der Waals surface area contributed by atoms with E-state index in [9.17, 15) is 4.79 Å². The first-order valence-electron chi connectivity index (χ1n) is 9.08. The van der Waals surface area contributed by atoms with Crippen molar-refractivity contribution >= 4 is 5.78 Å². The van der Waals surface area contributed by atoms with E-state index in [1.54, 1.807) is 14.2 Å². The molecule has 0 amide bonds. The molecule has 0 radical (unpaired) electrons. The van der Waals surface area contributed by atoms with Crippen molar-refractivity contribution in [3.05, 3.63) is 41.6 Å². The van der Waals surface area contributed by atoms with Gasteiger partial charge >= 0.3 is 0 Å². The molecule has 26 heavy (non-hydrogen) atoms. The molecule has 1 aliphatic rings. The number of piperidine rings is 1. The normalized spacial score (nSPS) is 15.1. The highest BCUT2D eigenvalue weighted by Crippen LogP contribution is 2.36. The second-order valence-corrected chi connectivity index (χ2v) is 6.59. The van der Waals surface area contributed by atoms with E-state index in [0.717, 1.165) is 54.4 Å². The number of hydrogen-bond acceptors (Lipinski definition) is 5. The Kier molecular flexibility index (Phi) is 5.89. The van der Waals surface area contributed by atoms with Crippen LogP contribution in [0.5, 0.6) is 11.5 Å². The fourth-order valence-electron chi connectivity index (χ4n) is 3.40. The summed E-state index contributed by atoms with van der Waals surface area (Å²) in [6.07, 6.45) is 4.03.